The number of hydrogen-bond acceptors (Lipinski definition) is 6. The molecule has 1 unspecified atom stereocenters. The van der Waals surface area contributed by atoms with Crippen LogP contribution in [0.2, 0.25) is 0 Å². The Morgan fingerprint density at radius 1 is 1.16 bits per heavy atom. The van der Waals surface area contributed by atoms with Crippen molar-refractivity contribution in [3.8, 4) is 11.5 Å². The number of aliphatic hydroxyl groups excluding tert-OH is 1. The largest absolute Gasteiger partial charge is 0.509 e. The first-order valence-electron chi connectivity index (χ1n) is 10.2. The number of hydrogen-bond donors (Lipinski definition) is 3. The molecule has 2 aromatic carbocycles. The summed E-state index contributed by atoms with van der Waals surface area (Å²) in [4.78, 5) is 9.70. The second-order valence-electron chi connectivity index (χ2n) is 7.77. The zero-order valence-corrected chi connectivity index (χ0v) is 17.4. The topological polar surface area (TPSA) is 104 Å². The van der Waals surface area contributed by atoms with Crippen molar-refractivity contribution in [2.45, 2.75) is 18.4 Å². The van der Waals surface area contributed by atoms with Gasteiger partial charge < -0.3 is 29.2 Å². The van der Waals surface area contributed by atoms with Crippen LogP contribution in [0, 0.1) is 5.41 Å². The number of nitrogens with one attached hydrogen (secondary N) is 2. The number of benzene rings is 2. The Kier molecular flexibility index (Phi) is 4.59. The van der Waals surface area contributed by atoms with Crippen molar-refractivity contribution in [1.29, 1.82) is 5.41 Å². The van der Waals surface area contributed by atoms with Gasteiger partial charge in [0, 0.05) is 24.8 Å². The van der Waals surface area contributed by atoms with Crippen LogP contribution in [-0.4, -0.2) is 53.9 Å². The number of amidine groups is 1. The predicted octanol–water partition coefficient (Wildman–Crippen LogP) is 3.90. The molecule has 0 bridgehead atoms. The van der Waals surface area contributed by atoms with Gasteiger partial charge in [0.15, 0.2) is 0 Å². The normalized spacial score (nSPS) is 21.4. The van der Waals surface area contributed by atoms with Crippen molar-refractivity contribution in [1.82, 2.24) is 9.97 Å². The van der Waals surface area contributed by atoms with Crippen molar-refractivity contribution in [2.24, 2.45) is 0 Å². The van der Waals surface area contributed by atoms with Crippen LogP contribution >= 0.6 is 0 Å². The number of nitrogens with zero attached hydrogens (tertiary/aromatic N) is 2. The lowest BCUT2D eigenvalue weighted by Gasteiger charge is -2.42. The highest BCUT2D eigenvalue weighted by Gasteiger charge is 2.53. The molecule has 5 rings (SSSR count). The quantitative estimate of drug-likeness (QED) is 0.592. The minimum Gasteiger partial charge on any atom is -0.509 e. The Labute approximate surface area is 179 Å². The maximum absolute atomic E-state index is 11.5. The van der Waals surface area contributed by atoms with Gasteiger partial charge in [0.1, 0.15) is 34.5 Å². The molecule has 1 atom stereocenters. The van der Waals surface area contributed by atoms with Crippen LogP contribution < -0.4 is 14.4 Å². The summed E-state index contributed by atoms with van der Waals surface area (Å²) in [6.07, 6.45) is 1.41. The van der Waals surface area contributed by atoms with Gasteiger partial charge in [-0.2, -0.15) is 0 Å². The van der Waals surface area contributed by atoms with Crippen LogP contribution in [0.4, 0.5) is 5.69 Å². The van der Waals surface area contributed by atoms with Gasteiger partial charge in [-0.25, -0.2) is 4.98 Å². The Bertz CT molecular complexity index is 1140. The molecular weight excluding hydrogens is 396 g/mol. The van der Waals surface area contributed by atoms with Gasteiger partial charge in [0.05, 0.1) is 43.1 Å². The first-order chi connectivity index (χ1) is 15.1. The summed E-state index contributed by atoms with van der Waals surface area (Å²) in [7, 11) is 3.17. The Balaban J connectivity index is 1.69. The molecule has 31 heavy (non-hydrogen) atoms. The zero-order chi connectivity index (χ0) is 21.6. The third-order valence-corrected chi connectivity index (χ3v) is 6.01. The lowest BCUT2D eigenvalue weighted by molar-refractivity contribution is 0.0400. The van der Waals surface area contributed by atoms with E-state index in [0.717, 1.165) is 17.5 Å². The SMILES string of the molecule is COc1cc(OC)cc(N2C(=N)C(c3nc4ccccc4[nH]3)=C(O)C23CCCOC3)c1. The van der Waals surface area contributed by atoms with E-state index in [0.29, 0.717) is 41.6 Å². The predicted molar refractivity (Wildman–Crippen MR) is 118 cm³/mol. The summed E-state index contributed by atoms with van der Waals surface area (Å²) in [5.74, 6) is 1.91. The van der Waals surface area contributed by atoms with Crippen LogP contribution in [0.5, 0.6) is 11.5 Å². The van der Waals surface area contributed by atoms with Crippen molar-refractivity contribution >= 4 is 28.1 Å². The monoisotopic (exact) mass is 420 g/mol. The minimum atomic E-state index is -0.888. The molecule has 0 radical (unpaired) electrons. The number of para-hydroxylation sites is 2. The highest BCUT2D eigenvalue weighted by Crippen LogP contribution is 2.47. The Morgan fingerprint density at radius 2 is 1.90 bits per heavy atom. The van der Waals surface area contributed by atoms with E-state index < -0.39 is 5.54 Å². The van der Waals surface area contributed by atoms with Gasteiger partial charge in [0.2, 0.25) is 0 Å². The van der Waals surface area contributed by atoms with Crippen LogP contribution in [0.1, 0.15) is 18.7 Å². The second-order valence-corrected chi connectivity index (χ2v) is 7.77. The van der Waals surface area contributed by atoms with Crippen LogP contribution in [0.25, 0.3) is 16.6 Å². The fraction of sp³-hybridized carbons (Fsp3) is 0.304. The van der Waals surface area contributed by atoms with E-state index in [-0.39, 0.29) is 18.2 Å². The van der Waals surface area contributed by atoms with Gasteiger partial charge in [-0.1, -0.05) is 12.1 Å². The lowest BCUT2D eigenvalue weighted by atomic mass is 9.89. The Morgan fingerprint density at radius 3 is 2.55 bits per heavy atom. The molecule has 8 nitrogen and oxygen atoms in total. The summed E-state index contributed by atoms with van der Waals surface area (Å²) < 4.78 is 16.7. The number of methoxy groups -OCH3 is 2. The molecule has 0 amide bonds. The number of aliphatic hydroxyl groups is 1. The molecule has 1 saturated heterocycles. The molecule has 2 aliphatic rings. The van der Waals surface area contributed by atoms with Gasteiger partial charge in [0.25, 0.3) is 0 Å². The number of aromatic amines is 1. The number of aromatic nitrogens is 2. The Hall–Kier alpha value is -3.52. The molecule has 3 N–H and O–H groups in total. The molecule has 1 spiro atoms. The molecule has 1 fully saturated rings. The van der Waals surface area contributed by atoms with Crippen molar-refractivity contribution in [2.75, 3.05) is 32.3 Å². The van der Waals surface area contributed by atoms with Gasteiger partial charge >= 0.3 is 0 Å². The summed E-state index contributed by atoms with van der Waals surface area (Å²) >= 11 is 0. The van der Waals surface area contributed by atoms with Crippen LogP contribution in [0.15, 0.2) is 48.2 Å². The van der Waals surface area contributed by atoms with E-state index in [2.05, 4.69) is 9.97 Å². The minimum absolute atomic E-state index is 0.0954. The second kappa shape index (κ2) is 7.31. The molecule has 3 aromatic rings. The number of anilines is 1. The molecule has 160 valence electrons. The van der Waals surface area contributed by atoms with Gasteiger partial charge in [-0.15, -0.1) is 0 Å². The first-order valence-corrected chi connectivity index (χ1v) is 10.2. The van der Waals surface area contributed by atoms with E-state index >= 15 is 0 Å². The van der Waals surface area contributed by atoms with Crippen molar-refractivity contribution in [3.05, 3.63) is 54.0 Å². The molecular formula is C23H24N4O4. The van der Waals surface area contributed by atoms with E-state index in [4.69, 9.17) is 19.6 Å². The smallest absolute Gasteiger partial charge is 0.145 e. The van der Waals surface area contributed by atoms with Crippen LogP contribution in [0.3, 0.4) is 0 Å². The average Bonchev–Trinajstić information content (AvgIpc) is 3.30. The number of rotatable bonds is 4. The third-order valence-electron chi connectivity index (χ3n) is 6.01. The van der Waals surface area contributed by atoms with E-state index in [9.17, 15) is 5.11 Å². The summed E-state index contributed by atoms with van der Waals surface area (Å²) in [6, 6.07) is 13.1. The maximum Gasteiger partial charge on any atom is 0.145 e. The number of ether oxygens (including phenoxy) is 3. The van der Waals surface area contributed by atoms with E-state index in [1.807, 2.05) is 41.3 Å². The standard InChI is InChI=1S/C23H24N4O4/c1-29-15-10-14(11-16(12-15)30-2)27-21(24)19(20(28)23(27)8-5-9-31-13-23)22-25-17-6-3-4-7-18(17)26-22/h3-4,6-7,10-12,24,28H,5,8-9,13H2,1-2H3,(H,25,26). The molecule has 2 aliphatic heterocycles. The summed E-state index contributed by atoms with van der Waals surface area (Å²) in [5.41, 5.74) is 1.80. The van der Waals surface area contributed by atoms with Crippen molar-refractivity contribution < 1.29 is 19.3 Å². The van der Waals surface area contributed by atoms with Gasteiger partial charge in [-0.3, -0.25) is 5.41 Å². The first kappa shape index (κ1) is 19.4. The highest BCUT2D eigenvalue weighted by atomic mass is 16.5. The fourth-order valence-corrected chi connectivity index (χ4v) is 4.51. The molecule has 0 saturated carbocycles. The number of H-pyrrole nitrogens is 1. The molecule has 0 aliphatic carbocycles. The zero-order valence-electron chi connectivity index (χ0n) is 17.4. The number of imidazole rings is 1. The summed E-state index contributed by atoms with van der Waals surface area (Å²) in [6.45, 7) is 0.891. The van der Waals surface area contributed by atoms with Crippen molar-refractivity contribution in [3.63, 3.8) is 0 Å². The lowest BCUT2D eigenvalue weighted by Crippen LogP contribution is -2.54. The third kappa shape index (κ3) is 2.94. The van der Waals surface area contributed by atoms with E-state index in [1.54, 1.807) is 20.3 Å². The molecule has 3 heterocycles. The molecule has 8 heteroatoms. The highest BCUT2D eigenvalue weighted by molar-refractivity contribution is 6.31. The number of fused-ring (bicyclic) bond motifs is 1. The average molecular weight is 420 g/mol. The van der Waals surface area contributed by atoms with Crippen LogP contribution in [-0.2, 0) is 4.74 Å². The summed E-state index contributed by atoms with van der Waals surface area (Å²) in [5, 5.41) is 20.6. The maximum atomic E-state index is 11.5. The van der Waals surface area contributed by atoms with E-state index in [1.165, 1.54) is 0 Å². The fourth-order valence-electron chi connectivity index (χ4n) is 4.51. The van der Waals surface area contributed by atoms with Gasteiger partial charge in [-0.05, 0) is 25.0 Å². The molecule has 1 aromatic heterocycles.